The molecule has 0 amide bonds. The molecule has 2 unspecified atom stereocenters. The number of aromatic nitrogens is 2. The maximum Gasteiger partial charge on any atom is 0.177 e. The van der Waals surface area contributed by atoms with Crippen molar-refractivity contribution in [2.45, 2.75) is 94.8 Å². The Morgan fingerprint density at radius 1 is 0.719 bits per heavy atom. The molecule has 4 nitrogen and oxygen atoms in total. The summed E-state index contributed by atoms with van der Waals surface area (Å²) in [5, 5.41) is 0. The SMILES string of the molecule is c1coc(-c2nc3ccccc3n2C2C[C@H]3CCC[C@@H](C2)N3C2C[C@H]3CCC[C@@H](C2)C3)c1. The third kappa shape index (κ3) is 3.17. The molecule has 2 aromatic heterocycles. The lowest BCUT2D eigenvalue weighted by molar-refractivity contribution is -0.0481. The molecule has 1 aromatic carbocycles. The lowest BCUT2D eigenvalue weighted by atomic mass is 9.68. The highest BCUT2D eigenvalue weighted by Gasteiger charge is 2.45. The van der Waals surface area contributed by atoms with Gasteiger partial charge in [-0.1, -0.05) is 37.8 Å². The molecular weight excluding hydrogens is 394 g/mol. The van der Waals surface area contributed by atoms with Crippen LogP contribution in [0.5, 0.6) is 0 Å². The van der Waals surface area contributed by atoms with Gasteiger partial charge < -0.3 is 8.98 Å². The molecule has 0 radical (unpaired) electrons. The number of hydrogen-bond donors (Lipinski definition) is 0. The number of imidazole rings is 1. The molecule has 32 heavy (non-hydrogen) atoms. The van der Waals surface area contributed by atoms with Crippen LogP contribution in [0, 0.1) is 11.8 Å². The Balaban J connectivity index is 1.23. The topological polar surface area (TPSA) is 34.2 Å². The molecule has 2 saturated heterocycles. The van der Waals surface area contributed by atoms with Gasteiger partial charge in [0.05, 0.1) is 17.3 Å². The summed E-state index contributed by atoms with van der Waals surface area (Å²) in [5.74, 6) is 3.93. The van der Waals surface area contributed by atoms with Gasteiger partial charge in [-0.05, 0) is 81.0 Å². The Morgan fingerprint density at radius 2 is 1.47 bits per heavy atom. The van der Waals surface area contributed by atoms with Gasteiger partial charge in [-0.3, -0.25) is 4.90 Å². The monoisotopic (exact) mass is 429 g/mol. The lowest BCUT2D eigenvalue weighted by Crippen LogP contribution is -2.58. The van der Waals surface area contributed by atoms with Crippen molar-refractivity contribution in [3.8, 4) is 11.6 Å². The summed E-state index contributed by atoms with van der Waals surface area (Å²) in [6.07, 6.45) is 17.4. The zero-order valence-electron chi connectivity index (χ0n) is 19.0. The molecule has 6 atom stereocenters. The molecule has 0 N–H and O–H groups in total. The van der Waals surface area contributed by atoms with Crippen LogP contribution in [0.15, 0.2) is 47.1 Å². The fourth-order valence-corrected chi connectivity index (χ4v) is 8.13. The summed E-state index contributed by atoms with van der Waals surface area (Å²) < 4.78 is 8.37. The smallest absolute Gasteiger partial charge is 0.177 e. The first-order chi connectivity index (χ1) is 15.8. The Morgan fingerprint density at radius 3 is 2.22 bits per heavy atom. The second-order valence-electron chi connectivity index (χ2n) is 11.1. The average Bonchev–Trinajstić information content (AvgIpc) is 3.46. The summed E-state index contributed by atoms with van der Waals surface area (Å²) in [4.78, 5) is 8.08. The molecule has 168 valence electrons. The van der Waals surface area contributed by atoms with Gasteiger partial charge in [0, 0.05) is 24.2 Å². The van der Waals surface area contributed by atoms with E-state index in [4.69, 9.17) is 9.40 Å². The highest BCUT2D eigenvalue weighted by Crippen LogP contribution is 2.48. The van der Waals surface area contributed by atoms with Crippen molar-refractivity contribution >= 4 is 11.0 Å². The molecule has 4 bridgehead atoms. The molecular formula is C28H35N3O. The predicted molar refractivity (Wildman–Crippen MR) is 127 cm³/mol. The van der Waals surface area contributed by atoms with E-state index < -0.39 is 0 Å². The molecule has 4 fully saturated rings. The average molecular weight is 430 g/mol. The van der Waals surface area contributed by atoms with Crippen LogP contribution in [-0.4, -0.2) is 32.6 Å². The molecule has 4 heteroatoms. The number of piperidine rings is 2. The lowest BCUT2D eigenvalue weighted by Gasteiger charge is -2.55. The van der Waals surface area contributed by atoms with E-state index in [1.54, 1.807) is 6.26 Å². The van der Waals surface area contributed by atoms with E-state index in [1.165, 1.54) is 76.1 Å². The van der Waals surface area contributed by atoms with Gasteiger partial charge in [-0.2, -0.15) is 0 Å². The van der Waals surface area contributed by atoms with Gasteiger partial charge >= 0.3 is 0 Å². The maximum atomic E-state index is 5.84. The highest BCUT2D eigenvalue weighted by atomic mass is 16.3. The first kappa shape index (κ1) is 19.4. The zero-order valence-corrected chi connectivity index (χ0v) is 19.0. The third-order valence-electron chi connectivity index (χ3n) is 9.23. The van der Waals surface area contributed by atoms with E-state index in [1.807, 2.05) is 6.07 Å². The summed E-state index contributed by atoms with van der Waals surface area (Å²) in [6.45, 7) is 0. The minimum Gasteiger partial charge on any atom is -0.461 e. The minimum atomic E-state index is 0.511. The van der Waals surface area contributed by atoms with Crippen LogP contribution in [0.2, 0.25) is 0 Å². The van der Waals surface area contributed by atoms with Gasteiger partial charge in [0.25, 0.3) is 0 Å². The normalized spacial score (nSPS) is 35.2. The van der Waals surface area contributed by atoms with Gasteiger partial charge in [0.2, 0.25) is 0 Å². The third-order valence-corrected chi connectivity index (χ3v) is 9.23. The maximum absolute atomic E-state index is 5.84. The molecule has 0 spiro atoms. The Hall–Kier alpha value is -2.07. The van der Waals surface area contributed by atoms with Crippen LogP contribution in [-0.2, 0) is 0 Å². The van der Waals surface area contributed by atoms with Crippen LogP contribution in [0.1, 0.15) is 76.7 Å². The predicted octanol–water partition coefficient (Wildman–Crippen LogP) is 6.82. The van der Waals surface area contributed by atoms with Crippen LogP contribution >= 0.6 is 0 Å². The molecule has 2 saturated carbocycles. The number of benzene rings is 1. The second kappa shape index (κ2) is 7.76. The van der Waals surface area contributed by atoms with Gasteiger partial charge in [-0.25, -0.2) is 4.98 Å². The number of nitrogens with zero attached hydrogens (tertiary/aromatic N) is 3. The van der Waals surface area contributed by atoms with E-state index in [2.05, 4.69) is 39.8 Å². The standard InChI is InChI=1S/C28H35N3O/c1-2-11-26-25(10-1)29-28(27-12-5-13-32-27)31(26)24-17-21-8-4-9-22(18-24)30(21)23-15-19-6-3-7-20(14-19)16-23/h1-2,5,10-13,19-24H,3-4,6-9,14-18H2/t19-,20+,21-,22+,23?,24?. The number of para-hydroxylation sites is 2. The second-order valence-corrected chi connectivity index (χ2v) is 11.1. The number of furan rings is 1. The van der Waals surface area contributed by atoms with Crippen LogP contribution < -0.4 is 0 Å². The molecule has 4 aliphatic rings. The Kier molecular flexibility index (Phi) is 4.71. The van der Waals surface area contributed by atoms with Crippen molar-refractivity contribution in [3.05, 3.63) is 42.7 Å². The van der Waals surface area contributed by atoms with Crippen molar-refractivity contribution < 1.29 is 4.42 Å². The summed E-state index contributed by atoms with van der Waals surface area (Å²) in [5.41, 5.74) is 2.36. The molecule has 3 aromatic rings. The quantitative estimate of drug-likeness (QED) is 0.458. The van der Waals surface area contributed by atoms with E-state index in [-0.39, 0.29) is 0 Å². The van der Waals surface area contributed by atoms with Crippen molar-refractivity contribution in [1.29, 1.82) is 0 Å². The van der Waals surface area contributed by atoms with Crippen LogP contribution in [0.25, 0.3) is 22.6 Å². The van der Waals surface area contributed by atoms with Gasteiger partial charge in [0.1, 0.15) is 0 Å². The van der Waals surface area contributed by atoms with Gasteiger partial charge in [0.15, 0.2) is 11.6 Å². The van der Waals surface area contributed by atoms with E-state index in [0.29, 0.717) is 6.04 Å². The molecule has 2 aliphatic carbocycles. The van der Waals surface area contributed by atoms with Gasteiger partial charge in [-0.15, -0.1) is 0 Å². The summed E-state index contributed by atoms with van der Waals surface area (Å²) in [7, 11) is 0. The minimum absolute atomic E-state index is 0.511. The number of hydrogen-bond acceptors (Lipinski definition) is 3. The highest BCUT2D eigenvalue weighted by molar-refractivity contribution is 5.80. The van der Waals surface area contributed by atoms with Crippen LogP contribution in [0.3, 0.4) is 0 Å². The fourth-order valence-electron chi connectivity index (χ4n) is 8.13. The fraction of sp³-hybridized carbons (Fsp3) is 0.607. The van der Waals surface area contributed by atoms with Crippen molar-refractivity contribution in [2.75, 3.05) is 0 Å². The zero-order chi connectivity index (χ0) is 21.1. The van der Waals surface area contributed by atoms with Crippen molar-refractivity contribution in [1.82, 2.24) is 14.5 Å². The summed E-state index contributed by atoms with van der Waals surface area (Å²) in [6, 6.07) is 15.5. The Bertz CT molecular complexity index is 1060. The number of fused-ring (bicyclic) bond motifs is 5. The van der Waals surface area contributed by atoms with Crippen molar-refractivity contribution in [3.63, 3.8) is 0 Å². The number of rotatable bonds is 3. The van der Waals surface area contributed by atoms with E-state index in [9.17, 15) is 0 Å². The summed E-state index contributed by atoms with van der Waals surface area (Å²) >= 11 is 0. The van der Waals surface area contributed by atoms with E-state index >= 15 is 0 Å². The van der Waals surface area contributed by atoms with Crippen molar-refractivity contribution in [2.24, 2.45) is 11.8 Å². The molecule has 2 aliphatic heterocycles. The van der Waals surface area contributed by atoms with E-state index in [0.717, 1.165) is 47.1 Å². The van der Waals surface area contributed by atoms with Crippen LogP contribution in [0.4, 0.5) is 0 Å². The molecule has 7 rings (SSSR count). The molecule has 4 heterocycles. The Labute approximate surface area is 191 Å². The first-order valence-electron chi connectivity index (χ1n) is 13.1. The largest absolute Gasteiger partial charge is 0.461 e. The first-order valence-corrected chi connectivity index (χ1v) is 13.1.